The Labute approximate surface area is 80.6 Å². The Morgan fingerprint density at radius 1 is 1.36 bits per heavy atom. The zero-order chi connectivity index (χ0) is 9.97. The highest BCUT2D eigenvalue weighted by Gasteiger charge is 2.08. The second kappa shape index (κ2) is 3.20. The van der Waals surface area contributed by atoms with Crippen molar-refractivity contribution in [3.8, 4) is 12.1 Å². The predicted octanol–water partition coefficient (Wildman–Crippen LogP) is 1.27. The summed E-state index contributed by atoms with van der Waals surface area (Å²) in [5, 5.41) is 17.4. The highest BCUT2D eigenvalue weighted by atomic mass is 15.0. The van der Waals surface area contributed by atoms with Gasteiger partial charge in [-0.25, -0.2) is 4.98 Å². The minimum Gasteiger partial charge on any atom is -0.301 e. The van der Waals surface area contributed by atoms with Gasteiger partial charge in [0.05, 0.1) is 18.0 Å². The van der Waals surface area contributed by atoms with E-state index in [1.807, 2.05) is 30.3 Å². The smallest absolute Gasteiger partial charge is 0.166 e. The van der Waals surface area contributed by atoms with Crippen LogP contribution in [0.15, 0.2) is 24.4 Å². The van der Waals surface area contributed by atoms with Crippen LogP contribution >= 0.6 is 0 Å². The molecule has 0 aromatic carbocycles. The molecule has 2 rings (SSSR count). The average Bonchev–Trinajstić information content (AvgIpc) is 2.58. The van der Waals surface area contributed by atoms with E-state index in [1.165, 1.54) is 0 Å². The van der Waals surface area contributed by atoms with Gasteiger partial charge >= 0.3 is 0 Å². The van der Waals surface area contributed by atoms with E-state index in [4.69, 9.17) is 10.5 Å². The maximum atomic E-state index is 8.81. The van der Waals surface area contributed by atoms with Crippen LogP contribution < -0.4 is 0 Å². The van der Waals surface area contributed by atoms with Gasteiger partial charge in [-0.3, -0.25) is 0 Å². The van der Waals surface area contributed by atoms with E-state index in [0.29, 0.717) is 11.5 Å². The van der Waals surface area contributed by atoms with Crippen molar-refractivity contribution in [1.29, 1.82) is 10.5 Å². The molecule has 0 saturated heterocycles. The van der Waals surface area contributed by atoms with E-state index < -0.39 is 0 Å². The first kappa shape index (κ1) is 8.28. The summed E-state index contributed by atoms with van der Waals surface area (Å²) >= 11 is 0. The Kier molecular flexibility index (Phi) is 1.89. The fourth-order valence-corrected chi connectivity index (χ4v) is 1.38. The lowest BCUT2D eigenvalue weighted by molar-refractivity contribution is 0.986. The van der Waals surface area contributed by atoms with E-state index in [9.17, 15) is 0 Å². The molecule has 0 atom stereocenters. The monoisotopic (exact) mass is 182 g/mol. The van der Waals surface area contributed by atoms with Crippen molar-refractivity contribution in [3.05, 3.63) is 35.9 Å². The molecule has 2 aromatic rings. The molecular weight excluding hydrogens is 176 g/mol. The van der Waals surface area contributed by atoms with Crippen molar-refractivity contribution in [2.45, 2.75) is 6.42 Å². The topological polar surface area (TPSA) is 64.9 Å². The molecule has 0 unspecified atom stereocenters. The Balaban J connectivity index is 2.76. The van der Waals surface area contributed by atoms with Crippen LogP contribution in [0.4, 0.5) is 0 Å². The first-order valence-corrected chi connectivity index (χ1v) is 4.10. The van der Waals surface area contributed by atoms with Crippen molar-refractivity contribution < 1.29 is 0 Å². The van der Waals surface area contributed by atoms with Gasteiger partial charge in [0.1, 0.15) is 11.9 Å². The second-order valence-corrected chi connectivity index (χ2v) is 2.78. The fourth-order valence-electron chi connectivity index (χ4n) is 1.38. The van der Waals surface area contributed by atoms with Crippen molar-refractivity contribution in [2.75, 3.05) is 0 Å². The normalized spacial score (nSPS) is 9.57. The largest absolute Gasteiger partial charge is 0.301 e. The SMILES string of the molecule is N#CCc1nc(C#N)c2ccccn12. The third-order valence-electron chi connectivity index (χ3n) is 1.96. The standard InChI is InChI=1S/C10H6N4/c11-5-4-10-13-8(7-12)9-3-1-2-6-14(9)10/h1-3,6H,4H2. The number of rotatable bonds is 1. The summed E-state index contributed by atoms with van der Waals surface area (Å²) in [7, 11) is 0. The maximum Gasteiger partial charge on any atom is 0.166 e. The number of aromatic nitrogens is 2. The first-order valence-electron chi connectivity index (χ1n) is 4.10. The van der Waals surface area contributed by atoms with E-state index in [0.717, 1.165) is 5.52 Å². The molecule has 0 aliphatic carbocycles. The van der Waals surface area contributed by atoms with Gasteiger partial charge in [-0.15, -0.1) is 0 Å². The molecule has 4 nitrogen and oxygen atoms in total. The predicted molar refractivity (Wildman–Crippen MR) is 49.2 cm³/mol. The summed E-state index contributed by atoms with van der Waals surface area (Å²) < 4.78 is 1.77. The quantitative estimate of drug-likeness (QED) is 0.667. The van der Waals surface area contributed by atoms with Crippen LogP contribution in [-0.4, -0.2) is 9.38 Å². The number of imidazole rings is 1. The van der Waals surface area contributed by atoms with E-state index in [2.05, 4.69) is 4.98 Å². The van der Waals surface area contributed by atoms with Crippen LogP contribution in [0.2, 0.25) is 0 Å². The van der Waals surface area contributed by atoms with Crippen LogP contribution in [0.25, 0.3) is 5.52 Å². The Morgan fingerprint density at radius 3 is 2.93 bits per heavy atom. The lowest BCUT2D eigenvalue weighted by Crippen LogP contribution is -1.91. The summed E-state index contributed by atoms with van der Waals surface area (Å²) in [5.41, 5.74) is 1.12. The average molecular weight is 182 g/mol. The number of pyridine rings is 1. The van der Waals surface area contributed by atoms with Gasteiger partial charge < -0.3 is 4.40 Å². The Hall–Kier alpha value is -2.33. The molecule has 0 amide bonds. The minimum absolute atomic E-state index is 0.215. The molecule has 0 aliphatic heterocycles. The van der Waals surface area contributed by atoms with Gasteiger partial charge in [0.15, 0.2) is 5.69 Å². The summed E-state index contributed by atoms with van der Waals surface area (Å²) in [5.74, 6) is 0.611. The van der Waals surface area contributed by atoms with E-state index in [1.54, 1.807) is 10.6 Å². The van der Waals surface area contributed by atoms with Crippen LogP contribution in [0.1, 0.15) is 11.5 Å². The minimum atomic E-state index is 0.215. The van der Waals surface area contributed by atoms with Crippen LogP contribution in [0.3, 0.4) is 0 Å². The van der Waals surface area contributed by atoms with Gasteiger partial charge in [0, 0.05) is 6.20 Å². The van der Waals surface area contributed by atoms with Crippen molar-refractivity contribution in [3.63, 3.8) is 0 Å². The molecule has 0 N–H and O–H groups in total. The highest BCUT2D eigenvalue weighted by Crippen LogP contribution is 2.11. The number of hydrogen-bond acceptors (Lipinski definition) is 3. The molecule has 0 bridgehead atoms. The van der Waals surface area contributed by atoms with Crippen LogP contribution in [0.5, 0.6) is 0 Å². The molecular formula is C10H6N4. The molecule has 0 aliphatic rings. The third-order valence-corrected chi connectivity index (χ3v) is 1.96. The molecule has 0 spiro atoms. The molecule has 66 valence electrons. The number of fused-ring (bicyclic) bond motifs is 1. The summed E-state index contributed by atoms with van der Waals surface area (Å²) in [6, 6.07) is 9.53. The second-order valence-electron chi connectivity index (χ2n) is 2.78. The summed E-state index contributed by atoms with van der Waals surface area (Å²) in [6.07, 6.45) is 2.02. The Morgan fingerprint density at radius 2 is 2.21 bits per heavy atom. The molecule has 2 aromatic heterocycles. The zero-order valence-corrected chi connectivity index (χ0v) is 7.31. The fraction of sp³-hybridized carbons (Fsp3) is 0.100. The lowest BCUT2D eigenvalue weighted by atomic mass is 10.3. The van der Waals surface area contributed by atoms with Crippen molar-refractivity contribution in [1.82, 2.24) is 9.38 Å². The van der Waals surface area contributed by atoms with Gasteiger partial charge in [0.25, 0.3) is 0 Å². The highest BCUT2D eigenvalue weighted by molar-refractivity contribution is 5.58. The van der Waals surface area contributed by atoms with Crippen molar-refractivity contribution >= 4 is 5.52 Å². The van der Waals surface area contributed by atoms with Gasteiger partial charge in [-0.2, -0.15) is 10.5 Å². The van der Waals surface area contributed by atoms with Gasteiger partial charge in [0.2, 0.25) is 0 Å². The molecule has 4 heteroatoms. The van der Waals surface area contributed by atoms with Crippen LogP contribution in [0, 0.1) is 22.7 Å². The number of nitriles is 2. The van der Waals surface area contributed by atoms with E-state index >= 15 is 0 Å². The lowest BCUT2D eigenvalue weighted by Gasteiger charge is -1.94. The van der Waals surface area contributed by atoms with Crippen molar-refractivity contribution in [2.24, 2.45) is 0 Å². The molecule has 2 heterocycles. The molecule has 14 heavy (non-hydrogen) atoms. The molecule has 0 fully saturated rings. The van der Waals surface area contributed by atoms with Crippen LogP contribution in [-0.2, 0) is 6.42 Å². The molecule has 0 radical (unpaired) electrons. The first-order chi connectivity index (χ1) is 6.86. The van der Waals surface area contributed by atoms with E-state index in [-0.39, 0.29) is 6.42 Å². The molecule has 0 saturated carbocycles. The maximum absolute atomic E-state index is 8.81. The summed E-state index contributed by atoms with van der Waals surface area (Å²) in [4.78, 5) is 4.08. The summed E-state index contributed by atoms with van der Waals surface area (Å²) in [6.45, 7) is 0. The van der Waals surface area contributed by atoms with Gasteiger partial charge in [-0.05, 0) is 12.1 Å². The van der Waals surface area contributed by atoms with Gasteiger partial charge in [-0.1, -0.05) is 6.07 Å². The zero-order valence-electron chi connectivity index (χ0n) is 7.31. The Bertz CT molecular complexity index is 553. The number of hydrogen-bond donors (Lipinski definition) is 0. The number of nitrogens with zero attached hydrogens (tertiary/aromatic N) is 4. The third kappa shape index (κ3) is 1.10.